The zero-order valence-electron chi connectivity index (χ0n) is 9.63. The van der Waals surface area contributed by atoms with Crippen LogP contribution in [0.5, 0.6) is 11.5 Å². The summed E-state index contributed by atoms with van der Waals surface area (Å²) in [6.07, 6.45) is 1.62. The third-order valence-corrected chi connectivity index (χ3v) is 2.47. The van der Waals surface area contributed by atoms with Crippen LogP contribution < -0.4 is 10.5 Å². The van der Waals surface area contributed by atoms with E-state index in [1.54, 1.807) is 30.5 Å². The number of phenolic OH excluding ortho intramolecular Hbond substituents is 1. The number of nitrogens with zero attached hydrogens (tertiary/aromatic N) is 2. The third-order valence-electron chi connectivity index (χ3n) is 2.47. The summed E-state index contributed by atoms with van der Waals surface area (Å²) >= 11 is 0. The molecule has 0 amide bonds. The van der Waals surface area contributed by atoms with Crippen molar-refractivity contribution in [2.45, 2.75) is 20.1 Å². The molecule has 90 valence electrons. The van der Waals surface area contributed by atoms with Crippen LogP contribution in [-0.2, 0) is 13.2 Å². The lowest BCUT2D eigenvalue weighted by atomic mass is 10.3. The molecule has 0 bridgehead atoms. The van der Waals surface area contributed by atoms with Crippen molar-refractivity contribution in [1.82, 2.24) is 9.55 Å². The highest BCUT2D eigenvalue weighted by atomic mass is 16.5. The number of ether oxygens (including phenoxy) is 1. The van der Waals surface area contributed by atoms with Crippen LogP contribution in [0.25, 0.3) is 0 Å². The first-order valence-corrected chi connectivity index (χ1v) is 5.42. The van der Waals surface area contributed by atoms with Gasteiger partial charge in [-0.1, -0.05) is 6.07 Å². The van der Waals surface area contributed by atoms with Crippen molar-refractivity contribution in [1.29, 1.82) is 0 Å². The van der Waals surface area contributed by atoms with Gasteiger partial charge in [-0.15, -0.1) is 0 Å². The summed E-state index contributed by atoms with van der Waals surface area (Å²) in [4.78, 5) is 4.17. The van der Waals surface area contributed by atoms with Gasteiger partial charge in [0.1, 0.15) is 29.7 Å². The van der Waals surface area contributed by atoms with E-state index in [-0.39, 0.29) is 5.75 Å². The average molecular weight is 233 g/mol. The Labute approximate surface area is 99.5 Å². The number of nitrogens with two attached hydrogens (primary N) is 1. The molecule has 2 rings (SSSR count). The number of rotatable bonds is 4. The largest absolute Gasteiger partial charge is 0.508 e. The maximum absolute atomic E-state index is 9.29. The fourth-order valence-electron chi connectivity index (χ4n) is 1.63. The molecule has 1 aromatic carbocycles. The van der Waals surface area contributed by atoms with E-state index in [0.29, 0.717) is 18.2 Å². The highest BCUT2D eigenvalue weighted by Crippen LogP contribution is 2.19. The molecule has 0 unspecified atom stereocenters. The number of benzene rings is 1. The number of anilines is 1. The summed E-state index contributed by atoms with van der Waals surface area (Å²) in [5, 5.41) is 9.29. The lowest BCUT2D eigenvalue weighted by Crippen LogP contribution is -2.08. The van der Waals surface area contributed by atoms with Crippen molar-refractivity contribution in [3.8, 4) is 11.5 Å². The lowest BCUT2D eigenvalue weighted by molar-refractivity contribution is 0.289. The fourth-order valence-corrected chi connectivity index (χ4v) is 1.63. The van der Waals surface area contributed by atoms with E-state index in [1.165, 1.54) is 0 Å². The Morgan fingerprint density at radius 2 is 2.29 bits per heavy atom. The number of phenols is 1. The van der Waals surface area contributed by atoms with Gasteiger partial charge in [-0.2, -0.15) is 0 Å². The monoisotopic (exact) mass is 233 g/mol. The van der Waals surface area contributed by atoms with Crippen molar-refractivity contribution >= 4 is 5.82 Å². The molecule has 1 aromatic heterocycles. The summed E-state index contributed by atoms with van der Waals surface area (Å²) in [7, 11) is 0. The molecular weight excluding hydrogens is 218 g/mol. The van der Waals surface area contributed by atoms with Gasteiger partial charge >= 0.3 is 0 Å². The molecule has 0 saturated carbocycles. The van der Waals surface area contributed by atoms with Crippen LogP contribution in [0.2, 0.25) is 0 Å². The van der Waals surface area contributed by atoms with Crippen molar-refractivity contribution in [2.75, 3.05) is 5.73 Å². The lowest BCUT2D eigenvalue weighted by Gasteiger charge is -2.08. The predicted octanol–water partition coefficient (Wildman–Crippen LogP) is 1.77. The first-order valence-electron chi connectivity index (χ1n) is 5.42. The van der Waals surface area contributed by atoms with Crippen molar-refractivity contribution < 1.29 is 9.84 Å². The SMILES string of the molecule is CCn1c(N)cnc1COc1cccc(O)c1. The molecule has 0 spiro atoms. The Balaban J connectivity index is 2.07. The first-order chi connectivity index (χ1) is 8.20. The third kappa shape index (κ3) is 2.50. The standard InChI is InChI=1S/C12H15N3O2/c1-2-15-11(13)7-14-12(15)8-17-10-5-3-4-9(16)6-10/h3-7,16H,2,8,13H2,1H3. The Hall–Kier alpha value is -2.17. The van der Waals surface area contributed by atoms with Crippen LogP contribution in [0.1, 0.15) is 12.7 Å². The summed E-state index contributed by atoms with van der Waals surface area (Å²) < 4.78 is 7.41. The molecule has 0 saturated heterocycles. The van der Waals surface area contributed by atoms with Crippen molar-refractivity contribution in [2.24, 2.45) is 0 Å². The normalized spacial score (nSPS) is 10.4. The second kappa shape index (κ2) is 4.78. The van der Waals surface area contributed by atoms with E-state index in [2.05, 4.69) is 4.98 Å². The van der Waals surface area contributed by atoms with Crippen LogP contribution in [0, 0.1) is 0 Å². The maximum atomic E-state index is 9.29. The second-order valence-corrected chi connectivity index (χ2v) is 3.63. The van der Waals surface area contributed by atoms with Gasteiger partial charge in [0.05, 0.1) is 6.20 Å². The molecular formula is C12H15N3O2. The summed E-state index contributed by atoms with van der Waals surface area (Å²) in [5.41, 5.74) is 5.75. The minimum atomic E-state index is 0.181. The molecule has 0 atom stereocenters. The Morgan fingerprint density at radius 1 is 1.47 bits per heavy atom. The number of aromatic hydroxyl groups is 1. The van der Waals surface area contributed by atoms with Gasteiger partial charge in [0.25, 0.3) is 0 Å². The molecule has 5 heteroatoms. The zero-order valence-corrected chi connectivity index (χ0v) is 9.63. The predicted molar refractivity (Wildman–Crippen MR) is 64.8 cm³/mol. The Morgan fingerprint density at radius 3 is 3.00 bits per heavy atom. The average Bonchev–Trinajstić information content (AvgIpc) is 2.67. The van der Waals surface area contributed by atoms with E-state index in [0.717, 1.165) is 12.4 Å². The van der Waals surface area contributed by atoms with Gasteiger partial charge < -0.3 is 20.1 Å². The van der Waals surface area contributed by atoms with E-state index in [9.17, 15) is 5.11 Å². The van der Waals surface area contributed by atoms with Crippen molar-refractivity contribution in [3.63, 3.8) is 0 Å². The highest BCUT2D eigenvalue weighted by Gasteiger charge is 2.06. The van der Waals surface area contributed by atoms with Crippen LogP contribution >= 0.6 is 0 Å². The van der Waals surface area contributed by atoms with E-state index in [4.69, 9.17) is 10.5 Å². The number of hydrogen-bond acceptors (Lipinski definition) is 4. The zero-order chi connectivity index (χ0) is 12.3. The molecule has 0 fully saturated rings. The van der Waals surface area contributed by atoms with Gasteiger partial charge in [0, 0.05) is 12.6 Å². The van der Waals surface area contributed by atoms with Crippen LogP contribution in [-0.4, -0.2) is 14.7 Å². The minimum absolute atomic E-state index is 0.181. The van der Waals surface area contributed by atoms with Gasteiger partial charge in [-0.25, -0.2) is 4.98 Å². The van der Waals surface area contributed by atoms with Gasteiger partial charge in [-0.05, 0) is 19.1 Å². The quantitative estimate of drug-likeness (QED) is 0.844. The highest BCUT2D eigenvalue weighted by molar-refractivity contribution is 5.32. The van der Waals surface area contributed by atoms with Gasteiger partial charge in [-0.3, -0.25) is 0 Å². The van der Waals surface area contributed by atoms with E-state index >= 15 is 0 Å². The molecule has 0 aliphatic carbocycles. The molecule has 0 radical (unpaired) electrons. The number of nitrogen functional groups attached to an aromatic ring is 1. The Bertz CT molecular complexity index is 508. The summed E-state index contributed by atoms with van der Waals surface area (Å²) in [5.74, 6) is 2.19. The number of aromatic nitrogens is 2. The van der Waals surface area contributed by atoms with Crippen molar-refractivity contribution in [3.05, 3.63) is 36.3 Å². The topological polar surface area (TPSA) is 73.3 Å². The van der Waals surface area contributed by atoms with Crippen LogP contribution in [0.4, 0.5) is 5.82 Å². The summed E-state index contributed by atoms with van der Waals surface area (Å²) in [6, 6.07) is 6.66. The molecule has 3 N–H and O–H groups in total. The van der Waals surface area contributed by atoms with Gasteiger partial charge in [0.15, 0.2) is 0 Å². The van der Waals surface area contributed by atoms with Gasteiger partial charge in [0.2, 0.25) is 0 Å². The minimum Gasteiger partial charge on any atom is -0.508 e. The molecule has 2 aromatic rings. The molecule has 0 aliphatic rings. The van der Waals surface area contributed by atoms with E-state index in [1.807, 2.05) is 11.5 Å². The fraction of sp³-hybridized carbons (Fsp3) is 0.250. The Kier molecular flexibility index (Phi) is 3.18. The molecule has 17 heavy (non-hydrogen) atoms. The number of hydrogen-bond donors (Lipinski definition) is 2. The smallest absolute Gasteiger partial charge is 0.148 e. The summed E-state index contributed by atoms with van der Waals surface area (Å²) in [6.45, 7) is 3.08. The molecule has 1 heterocycles. The maximum Gasteiger partial charge on any atom is 0.148 e. The second-order valence-electron chi connectivity index (χ2n) is 3.63. The van der Waals surface area contributed by atoms with Crippen LogP contribution in [0.3, 0.4) is 0 Å². The molecule has 0 aliphatic heterocycles. The number of imidazole rings is 1. The molecule has 5 nitrogen and oxygen atoms in total. The van der Waals surface area contributed by atoms with Crippen LogP contribution in [0.15, 0.2) is 30.5 Å². The van der Waals surface area contributed by atoms with E-state index < -0.39 is 0 Å². The first kappa shape index (κ1) is 11.3.